The summed E-state index contributed by atoms with van der Waals surface area (Å²) in [4.78, 5) is 20.1. The summed E-state index contributed by atoms with van der Waals surface area (Å²) in [6.07, 6.45) is 0. The number of aromatic nitrogens is 2. The van der Waals surface area contributed by atoms with E-state index >= 15 is 0 Å². The van der Waals surface area contributed by atoms with Crippen LogP contribution in [-0.2, 0) is 4.74 Å². The second-order valence-electron chi connectivity index (χ2n) is 6.02. The highest BCUT2D eigenvalue weighted by Crippen LogP contribution is 2.36. The molecule has 0 aliphatic rings. The van der Waals surface area contributed by atoms with Gasteiger partial charge < -0.3 is 14.5 Å². The number of nitriles is 1. The third-order valence-corrected chi connectivity index (χ3v) is 5.08. The third-order valence-electron chi connectivity index (χ3n) is 4.01. The van der Waals surface area contributed by atoms with Gasteiger partial charge in [-0.25, -0.2) is 9.78 Å². The van der Waals surface area contributed by atoms with Crippen molar-refractivity contribution in [2.45, 2.75) is 26.7 Å². The summed E-state index contributed by atoms with van der Waals surface area (Å²) in [5.41, 5.74) is 3.29. The Bertz CT molecular complexity index is 1010. The molecule has 0 radical (unpaired) electrons. The molecule has 0 saturated carbocycles. The lowest BCUT2D eigenvalue weighted by Crippen LogP contribution is -2.04. The fourth-order valence-electron chi connectivity index (χ4n) is 2.79. The molecular weight excluding hydrogens is 350 g/mol. The Kier molecular flexibility index (Phi) is 4.96. The van der Waals surface area contributed by atoms with E-state index < -0.39 is 5.97 Å². The zero-order chi connectivity index (χ0) is 18.8. The number of nitrogens with one attached hydrogen (secondary N) is 1. The van der Waals surface area contributed by atoms with Crippen LogP contribution in [0.4, 0.5) is 0 Å². The second kappa shape index (κ2) is 7.18. The number of nitrogens with zero attached hydrogens (tertiary/aromatic N) is 2. The number of fused-ring (bicyclic) bond motifs is 1. The van der Waals surface area contributed by atoms with Gasteiger partial charge in [-0.3, -0.25) is 0 Å². The third kappa shape index (κ3) is 3.04. The molecule has 3 rings (SSSR count). The first kappa shape index (κ1) is 18.0. The molecule has 0 amide bonds. The van der Waals surface area contributed by atoms with Gasteiger partial charge in [-0.05, 0) is 31.0 Å². The number of thiazole rings is 1. The van der Waals surface area contributed by atoms with Crippen LogP contribution in [0.2, 0.25) is 0 Å². The van der Waals surface area contributed by atoms with Gasteiger partial charge in [-0.15, -0.1) is 11.3 Å². The van der Waals surface area contributed by atoms with Gasteiger partial charge in [0.15, 0.2) is 4.88 Å². The molecule has 26 heavy (non-hydrogen) atoms. The first-order valence-electron chi connectivity index (χ1n) is 8.28. The number of rotatable bonds is 5. The van der Waals surface area contributed by atoms with Crippen molar-refractivity contribution in [2.75, 3.05) is 13.7 Å². The molecule has 0 atom stereocenters. The molecule has 0 aliphatic heterocycles. The summed E-state index contributed by atoms with van der Waals surface area (Å²) < 4.78 is 10.3. The van der Waals surface area contributed by atoms with E-state index in [-0.39, 0.29) is 18.4 Å². The SMILES string of the molecule is CCOC(=O)c1sc(-c2ccc3[nH]c(C(C)C)c(C#N)c3c2)nc1OC. The van der Waals surface area contributed by atoms with E-state index in [2.05, 4.69) is 16.0 Å². The van der Waals surface area contributed by atoms with Crippen LogP contribution in [0.1, 0.15) is 47.6 Å². The van der Waals surface area contributed by atoms with Crippen LogP contribution in [0.5, 0.6) is 5.88 Å². The number of carbonyl (C=O) groups excluding carboxylic acids is 1. The number of H-pyrrole nitrogens is 1. The fraction of sp³-hybridized carbons (Fsp3) is 0.316. The van der Waals surface area contributed by atoms with Gasteiger partial charge in [0.2, 0.25) is 5.88 Å². The molecule has 2 heterocycles. The Morgan fingerprint density at radius 3 is 2.81 bits per heavy atom. The quantitative estimate of drug-likeness (QED) is 0.670. The number of methoxy groups -OCH3 is 1. The maximum atomic E-state index is 12.1. The number of aromatic amines is 1. The van der Waals surface area contributed by atoms with Crippen molar-refractivity contribution in [1.29, 1.82) is 5.26 Å². The van der Waals surface area contributed by atoms with Crippen LogP contribution in [0.3, 0.4) is 0 Å². The molecule has 1 aromatic carbocycles. The standard InChI is InChI=1S/C19H19N3O3S/c1-5-25-19(23)16-17(24-4)22-18(26-16)11-6-7-14-12(8-11)13(9-20)15(21-14)10(2)3/h6-8,10,21H,5H2,1-4H3. The number of esters is 1. The summed E-state index contributed by atoms with van der Waals surface area (Å²) in [7, 11) is 1.47. The van der Waals surface area contributed by atoms with Gasteiger partial charge in [0.1, 0.15) is 11.1 Å². The summed E-state index contributed by atoms with van der Waals surface area (Å²) in [5.74, 6) is 0.0208. The molecule has 0 saturated heterocycles. The molecule has 3 aromatic rings. The van der Waals surface area contributed by atoms with Gasteiger partial charge in [0.05, 0.1) is 19.3 Å². The molecule has 0 aliphatic carbocycles. The van der Waals surface area contributed by atoms with Crippen LogP contribution in [0.25, 0.3) is 21.5 Å². The van der Waals surface area contributed by atoms with Gasteiger partial charge >= 0.3 is 5.97 Å². The molecular formula is C19H19N3O3S. The largest absolute Gasteiger partial charge is 0.480 e. The van der Waals surface area contributed by atoms with Crippen molar-refractivity contribution in [2.24, 2.45) is 0 Å². The summed E-state index contributed by atoms with van der Waals surface area (Å²) in [6.45, 7) is 6.13. The van der Waals surface area contributed by atoms with Crippen molar-refractivity contribution in [1.82, 2.24) is 9.97 Å². The maximum absolute atomic E-state index is 12.1. The van der Waals surface area contributed by atoms with E-state index in [1.54, 1.807) is 6.92 Å². The predicted molar refractivity (Wildman–Crippen MR) is 101 cm³/mol. The molecule has 2 aromatic heterocycles. The first-order valence-corrected chi connectivity index (χ1v) is 9.09. The zero-order valence-electron chi connectivity index (χ0n) is 15.0. The fourth-order valence-corrected chi connectivity index (χ4v) is 3.72. The number of carbonyl (C=O) groups is 1. The molecule has 1 N–H and O–H groups in total. The topological polar surface area (TPSA) is 88.0 Å². The average Bonchev–Trinajstić information content (AvgIpc) is 3.22. The molecule has 0 bridgehead atoms. The van der Waals surface area contributed by atoms with E-state index in [9.17, 15) is 10.1 Å². The minimum atomic E-state index is -0.448. The van der Waals surface area contributed by atoms with Gasteiger partial charge in [-0.2, -0.15) is 5.26 Å². The summed E-state index contributed by atoms with van der Waals surface area (Å²) in [5, 5.41) is 11.1. The van der Waals surface area contributed by atoms with Crippen molar-refractivity contribution in [3.63, 3.8) is 0 Å². The maximum Gasteiger partial charge on any atom is 0.354 e. The highest BCUT2D eigenvalue weighted by Gasteiger charge is 2.22. The van der Waals surface area contributed by atoms with Gasteiger partial charge in [0, 0.05) is 22.2 Å². The van der Waals surface area contributed by atoms with Crippen molar-refractivity contribution < 1.29 is 14.3 Å². The molecule has 134 valence electrons. The summed E-state index contributed by atoms with van der Waals surface area (Å²) in [6, 6.07) is 8.05. The monoisotopic (exact) mass is 369 g/mol. The molecule has 7 heteroatoms. The van der Waals surface area contributed by atoms with Crippen LogP contribution in [0, 0.1) is 11.3 Å². The zero-order valence-corrected chi connectivity index (χ0v) is 15.9. The number of ether oxygens (including phenoxy) is 2. The molecule has 6 nitrogen and oxygen atoms in total. The lowest BCUT2D eigenvalue weighted by molar-refractivity contribution is 0.0528. The minimum absolute atomic E-state index is 0.218. The van der Waals surface area contributed by atoms with Crippen molar-refractivity contribution in [3.8, 4) is 22.5 Å². The Morgan fingerprint density at radius 1 is 1.42 bits per heavy atom. The van der Waals surface area contributed by atoms with Crippen molar-refractivity contribution in [3.05, 3.63) is 34.3 Å². The van der Waals surface area contributed by atoms with E-state index in [1.807, 2.05) is 32.0 Å². The van der Waals surface area contributed by atoms with E-state index in [0.29, 0.717) is 15.4 Å². The highest BCUT2D eigenvalue weighted by atomic mass is 32.1. The minimum Gasteiger partial charge on any atom is -0.480 e. The molecule has 0 fully saturated rings. The summed E-state index contributed by atoms with van der Waals surface area (Å²) >= 11 is 1.22. The second-order valence-corrected chi connectivity index (χ2v) is 7.02. The van der Waals surface area contributed by atoms with Crippen molar-refractivity contribution >= 4 is 28.2 Å². The van der Waals surface area contributed by atoms with Crippen LogP contribution in [0.15, 0.2) is 18.2 Å². The Hall–Kier alpha value is -2.85. The van der Waals surface area contributed by atoms with Crippen LogP contribution in [-0.4, -0.2) is 29.7 Å². The first-order chi connectivity index (χ1) is 12.5. The predicted octanol–water partition coefficient (Wildman–Crippen LogP) is 4.47. The molecule has 0 unspecified atom stereocenters. The smallest absolute Gasteiger partial charge is 0.354 e. The molecule has 0 spiro atoms. The lowest BCUT2D eigenvalue weighted by Gasteiger charge is -2.00. The van der Waals surface area contributed by atoms with Crippen LogP contribution < -0.4 is 4.74 Å². The van der Waals surface area contributed by atoms with Gasteiger partial charge in [0.25, 0.3) is 0 Å². The normalized spacial score (nSPS) is 10.9. The number of benzene rings is 1. The number of hydrogen-bond donors (Lipinski definition) is 1. The Morgan fingerprint density at radius 2 is 2.19 bits per heavy atom. The Balaban J connectivity index is 2.11. The number of hydrogen-bond acceptors (Lipinski definition) is 6. The Labute approximate surface area is 155 Å². The lowest BCUT2D eigenvalue weighted by atomic mass is 10.0. The van der Waals surface area contributed by atoms with E-state index in [4.69, 9.17) is 9.47 Å². The average molecular weight is 369 g/mol. The van der Waals surface area contributed by atoms with E-state index in [0.717, 1.165) is 22.2 Å². The van der Waals surface area contributed by atoms with Crippen LogP contribution >= 0.6 is 11.3 Å². The van der Waals surface area contributed by atoms with E-state index in [1.165, 1.54) is 18.4 Å². The van der Waals surface area contributed by atoms with Gasteiger partial charge in [-0.1, -0.05) is 13.8 Å². The highest BCUT2D eigenvalue weighted by molar-refractivity contribution is 7.17.